The van der Waals surface area contributed by atoms with Crippen LogP contribution >= 0.6 is 23.7 Å². The molecule has 2 unspecified atom stereocenters. The highest BCUT2D eigenvalue weighted by Crippen LogP contribution is 2.29. The molecule has 0 saturated carbocycles. The van der Waals surface area contributed by atoms with Gasteiger partial charge in [0.25, 0.3) is 11.6 Å². The molecule has 1 saturated heterocycles. The number of halogens is 1. The summed E-state index contributed by atoms with van der Waals surface area (Å²) in [4.78, 5) is 23.4. The Morgan fingerprint density at radius 2 is 2.22 bits per heavy atom. The van der Waals surface area contributed by atoms with Crippen LogP contribution in [0.2, 0.25) is 0 Å². The SMILES string of the molecule is CC1CNCCC1NC(=O)c1cc2cc([N+](=O)[O-])ccc2s1.Cl. The number of nitrogens with one attached hydrogen (secondary N) is 2. The Morgan fingerprint density at radius 3 is 2.91 bits per heavy atom. The van der Waals surface area contributed by atoms with Crippen LogP contribution in [0.3, 0.4) is 0 Å². The van der Waals surface area contributed by atoms with Crippen LogP contribution in [-0.2, 0) is 0 Å². The molecule has 3 rings (SSSR count). The minimum absolute atomic E-state index is 0. The number of benzene rings is 1. The molecule has 6 nitrogen and oxygen atoms in total. The number of carbonyl (C=O) groups is 1. The van der Waals surface area contributed by atoms with Crippen molar-refractivity contribution in [3.05, 3.63) is 39.3 Å². The monoisotopic (exact) mass is 355 g/mol. The number of rotatable bonds is 3. The Bertz CT molecular complexity index is 734. The molecular weight excluding hydrogens is 338 g/mol. The van der Waals surface area contributed by atoms with Crippen LogP contribution in [0.15, 0.2) is 24.3 Å². The lowest BCUT2D eigenvalue weighted by Gasteiger charge is -2.30. The Hall–Kier alpha value is -1.70. The van der Waals surface area contributed by atoms with E-state index in [1.807, 2.05) is 0 Å². The highest BCUT2D eigenvalue weighted by molar-refractivity contribution is 7.20. The van der Waals surface area contributed by atoms with Gasteiger partial charge in [-0.05, 0) is 37.6 Å². The van der Waals surface area contributed by atoms with Crippen LogP contribution in [0.1, 0.15) is 23.0 Å². The summed E-state index contributed by atoms with van der Waals surface area (Å²) in [6.45, 7) is 3.93. The molecule has 2 aromatic rings. The Balaban J connectivity index is 0.00000192. The molecule has 0 bridgehead atoms. The molecule has 8 heteroatoms. The van der Waals surface area contributed by atoms with Crippen molar-refractivity contribution in [2.24, 2.45) is 5.92 Å². The van der Waals surface area contributed by atoms with Crippen molar-refractivity contribution in [2.45, 2.75) is 19.4 Å². The molecule has 0 spiro atoms. The first-order chi connectivity index (χ1) is 10.5. The van der Waals surface area contributed by atoms with E-state index in [4.69, 9.17) is 0 Å². The number of carbonyl (C=O) groups excluding carboxylic acids is 1. The number of amides is 1. The second kappa shape index (κ2) is 7.25. The lowest BCUT2D eigenvalue weighted by Crippen LogP contribution is -2.48. The van der Waals surface area contributed by atoms with Gasteiger partial charge in [0.2, 0.25) is 0 Å². The van der Waals surface area contributed by atoms with Gasteiger partial charge >= 0.3 is 0 Å². The van der Waals surface area contributed by atoms with Crippen LogP contribution in [0.25, 0.3) is 10.1 Å². The predicted octanol–water partition coefficient (Wildman–Crippen LogP) is 2.96. The van der Waals surface area contributed by atoms with Crippen LogP contribution in [-0.4, -0.2) is 30.0 Å². The summed E-state index contributed by atoms with van der Waals surface area (Å²) in [6, 6.07) is 6.58. The number of hydrogen-bond acceptors (Lipinski definition) is 5. The van der Waals surface area contributed by atoms with Crippen LogP contribution in [0, 0.1) is 16.0 Å². The van der Waals surface area contributed by atoms with Gasteiger partial charge < -0.3 is 10.6 Å². The molecule has 23 heavy (non-hydrogen) atoms. The first kappa shape index (κ1) is 17.7. The quantitative estimate of drug-likeness (QED) is 0.654. The lowest BCUT2D eigenvalue weighted by atomic mass is 9.95. The van der Waals surface area contributed by atoms with E-state index in [2.05, 4.69) is 17.6 Å². The van der Waals surface area contributed by atoms with Crippen molar-refractivity contribution in [3.63, 3.8) is 0 Å². The van der Waals surface area contributed by atoms with Crippen LogP contribution in [0.5, 0.6) is 0 Å². The second-order valence-corrected chi connectivity index (χ2v) is 6.72. The fourth-order valence-electron chi connectivity index (χ4n) is 2.72. The number of piperidine rings is 1. The zero-order chi connectivity index (χ0) is 15.7. The number of nitro benzene ring substituents is 1. The fourth-order valence-corrected chi connectivity index (χ4v) is 3.67. The first-order valence-corrected chi connectivity index (χ1v) is 8.06. The summed E-state index contributed by atoms with van der Waals surface area (Å²) in [5.41, 5.74) is 0.0456. The first-order valence-electron chi connectivity index (χ1n) is 7.24. The molecule has 1 aromatic carbocycles. The van der Waals surface area contributed by atoms with Crippen LogP contribution < -0.4 is 10.6 Å². The van der Waals surface area contributed by atoms with E-state index in [1.54, 1.807) is 12.1 Å². The maximum atomic E-state index is 12.4. The molecule has 2 N–H and O–H groups in total. The van der Waals surface area contributed by atoms with E-state index in [9.17, 15) is 14.9 Å². The zero-order valence-electron chi connectivity index (χ0n) is 12.6. The topological polar surface area (TPSA) is 84.3 Å². The highest BCUT2D eigenvalue weighted by Gasteiger charge is 2.23. The molecule has 1 fully saturated rings. The summed E-state index contributed by atoms with van der Waals surface area (Å²) in [5, 5.41) is 17.9. The van der Waals surface area contributed by atoms with Crippen molar-refractivity contribution in [1.82, 2.24) is 10.6 Å². The standard InChI is InChI=1S/C15H17N3O3S.ClH/c1-9-8-16-5-4-12(9)17-15(19)14-7-10-6-11(18(20)21)2-3-13(10)22-14;/h2-3,6-7,9,12,16H,4-5,8H2,1H3,(H,17,19);1H. The molecule has 0 radical (unpaired) electrons. The summed E-state index contributed by atoms with van der Waals surface area (Å²) in [5.74, 6) is 0.302. The van der Waals surface area contributed by atoms with Crippen molar-refractivity contribution < 1.29 is 9.72 Å². The van der Waals surface area contributed by atoms with E-state index in [0.717, 1.165) is 29.6 Å². The van der Waals surface area contributed by atoms with Gasteiger partial charge in [-0.1, -0.05) is 6.92 Å². The molecule has 1 amide bonds. The summed E-state index contributed by atoms with van der Waals surface area (Å²) in [7, 11) is 0. The summed E-state index contributed by atoms with van der Waals surface area (Å²) >= 11 is 1.37. The van der Waals surface area contributed by atoms with Gasteiger partial charge in [-0.2, -0.15) is 0 Å². The van der Waals surface area contributed by atoms with Gasteiger partial charge in [0.15, 0.2) is 0 Å². The Morgan fingerprint density at radius 1 is 1.43 bits per heavy atom. The van der Waals surface area contributed by atoms with Gasteiger partial charge in [-0.3, -0.25) is 14.9 Å². The van der Waals surface area contributed by atoms with Gasteiger partial charge in [-0.25, -0.2) is 0 Å². The predicted molar refractivity (Wildman–Crippen MR) is 93.6 cm³/mol. The number of nitro groups is 1. The van der Waals surface area contributed by atoms with Gasteiger partial charge in [0.05, 0.1) is 9.80 Å². The zero-order valence-corrected chi connectivity index (χ0v) is 14.2. The van der Waals surface area contributed by atoms with Crippen LogP contribution in [0.4, 0.5) is 5.69 Å². The molecule has 2 atom stereocenters. The van der Waals surface area contributed by atoms with E-state index in [1.165, 1.54) is 23.5 Å². The molecule has 1 aliphatic heterocycles. The Labute approximate surface area is 143 Å². The third-order valence-electron chi connectivity index (χ3n) is 4.04. The average Bonchev–Trinajstić information content (AvgIpc) is 2.92. The molecule has 124 valence electrons. The van der Waals surface area contributed by atoms with E-state index < -0.39 is 4.92 Å². The molecular formula is C15H18ClN3O3S. The average molecular weight is 356 g/mol. The largest absolute Gasteiger partial charge is 0.348 e. The molecule has 1 aromatic heterocycles. The van der Waals surface area contributed by atoms with Gasteiger partial charge in [0.1, 0.15) is 0 Å². The van der Waals surface area contributed by atoms with E-state index >= 15 is 0 Å². The number of nitrogens with zero attached hydrogens (tertiary/aromatic N) is 1. The Kier molecular flexibility index (Phi) is 5.56. The third-order valence-corrected chi connectivity index (χ3v) is 5.15. The fraction of sp³-hybridized carbons (Fsp3) is 0.400. The second-order valence-electron chi connectivity index (χ2n) is 5.64. The normalized spacial score (nSPS) is 20.7. The maximum absolute atomic E-state index is 12.4. The van der Waals surface area contributed by atoms with Gasteiger partial charge in [0, 0.05) is 28.3 Å². The molecule has 2 heterocycles. The van der Waals surface area contributed by atoms with Crippen molar-refractivity contribution in [2.75, 3.05) is 13.1 Å². The summed E-state index contributed by atoms with van der Waals surface area (Å²) < 4.78 is 0.883. The smallest absolute Gasteiger partial charge is 0.270 e. The number of non-ortho nitro benzene ring substituents is 1. The van der Waals surface area contributed by atoms with Gasteiger partial charge in [-0.15, -0.1) is 23.7 Å². The summed E-state index contributed by atoms with van der Waals surface area (Å²) in [6.07, 6.45) is 0.920. The third kappa shape index (κ3) is 3.80. The maximum Gasteiger partial charge on any atom is 0.270 e. The molecule has 0 aliphatic carbocycles. The van der Waals surface area contributed by atoms with E-state index in [-0.39, 0.29) is 30.0 Å². The lowest BCUT2D eigenvalue weighted by molar-refractivity contribution is -0.384. The van der Waals surface area contributed by atoms with Crippen molar-refractivity contribution >= 4 is 45.4 Å². The minimum atomic E-state index is -0.423. The molecule has 1 aliphatic rings. The highest BCUT2D eigenvalue weighted by atomic mass is 35.5. The minimum Gasteiger partial charge on any atom is -0.348 e. The van der Waals surface area contributed by atoms with Crippen molar-refractivity contribution in [1.29, 1.82) is 0 Å². The number of fused-ring (bicyclic) bond motifs is 1. The number of hydrogen-bond donors (Lipinski definition) is 2. The van der Waals surface area contributed by atoms with E-state index in [0.29, 0.717) is 10.8 Å². The number of thiophene rings is 1. The van der Waals surface area contributed by atoms with Crippen molar-refractivity contribution in [3.8, 4) is 0 Å².